The van der Waals surface area contributed by atoms with Gasteiger partial charge in [0.05, 0.1) is 34.5 Å². The molecule has 2 heterocycles. The van der Waals surface area contributed by atoms with Crippen LogP contribution >= 0.6 is 0 Å². The highest BCUT2D eigenvalue weighted by atomic mass is 16.3. The van der Waals surface area contributed by atoms with Crippen molar-refractivity contribution in [2.75, 3.05) is 10.3 Å². The molecule has 1 saturated carbocycles. The first kappa shape index (κ1) is 32.9. The van der Waals surface area contributed by atoms with Crippen LogP contribution in [0.5, 0.6) is 5.75 Å². The molecule has 5 aromatic rings. The first-order chi connectivity index (χ1) is 25.7. The van der Waals surface area contributed by atoms with Gasteiger partial charge in [0.15, 0.2) is 0 Å². The van der Waals surface area contributed by atoms with Crippen molar-refractivity contribution >= 4 is 45.8 Å². The summed E-state index contributed by atoms with van der Waals surface area (Å²) in [5, 5.41) is 14.8. The first-order valence-electron chi connectivity index (χ1n) is 18.4. The number of hydrazine groups is 1. The van der Waals surface area contributed by atoms with Crippen LogP contribution in [0.3, 0.4) is 0 Å². The Balaban J connectivity index is 1.25. The topological polar surface area (TPSA) is 107 Å². The monoisotopic (exact) mass is 701 g/mol. The molecule has 0 bridgehead atoms. The van der Waals surface area contributed by atoms with Crippen molar-refractivity contribution < 1.29 is 24.3 Å². The molecule has 0 radical (unpaired) electrons. The van der Waals surface area contributed by atoms with Gasteiger partial charge >= 0.3 is 0 Å². The molecule has 53 heavy (non-hydrogen) atoms. The van der Waals surface area contributed by atoms with Gasteiger partial charge in [-0.2, -0.15) is 5.01 Å². The number of hydrogen-bond acceptors (Lipinski definition) is 6. The van der Waals surface area contributed by atoms with Crippen molar-refractivity contribution in [3.8, 4) is 5.75 Å². The molecule has 0 unspecified atom stereocenters. The van der Waals surface area contributed by atoms with Crippen LogP contribution in [0.1, 0.15) is 47.9 Å². The van der Waals surface area contributed by atoms with E-state index in [0.717, 1.165) is 33.5 Å². The number of anilines is 2. The van der Waals surface area contributed by atoms with Crippen LogP contribution < -0.4 is 10.3 Å². The maximum Gasteiger partial charge on any atom is 0.260 e. The molecular formula is C45H39N3O5. The highest BCUT2D eigenvalue weighted by Gasteiger charge is 2.70. The quantitative estimate of drug-likeness (QED) is 0.140. The fourth-order valence-corrected chi connectivity index (χ4v) is 9.73. The summed E-state index contributed by atoms with van der Waals surface area (Å²) >= 11 is 0. The third kappa shape index (κ3) is 4.74. The number of phenols is 1. The minimum absolute atomic E-state index is 0.0301. The Morgan fingerprint density at radius 2 is 1.49 bits per heavy atom. The summed E-state index contributed by atoms with van der Waals surface area (Å²) in [7, 11) is 0. The lowest BCUT2D eigenvalue weighted by atomic mass is 9.49. The third-order valence-corrected chi connectivity index (χ3v) is 12.2. The number of rotatable bonds is 6. The zero-order valence-corrected chi connectivity index (χ0v) is 29.5. The van der Waals surface area contributed by atoms with E-state index in [2.05, 4.69) is 12.3 Å². The number of nitrogens with one attached hydrogen (secondary N) is 1. The van der Waals surface area contributed by atoms with Crippen LogP contribution in [0.25, 0.3) is 10.8 Å². The van der Waals surface area contributed by atoms with E-state index >= 15 is 4.79 Å². The Labute approximate surface area is 307 Å². The molecule has 5 aromatic carbocycles. The molecule has 2 aliphatic carbocycles. The molecule has 9 rings (SSSR count). The van der Waals surface area contributed by atoms with Crippen LogP contribution in [0.4, 0.5) is 11.4 Å². The van der Waals surface area contributed by atoms with Crippen molar-refractivity contribution in [2.45, 2.75) is 44.4 Å². The third-order valence-electron chi connectivity index (χ3n) is 12.2. The molecule has 2 N–H and O–H groups in total. The number of benzene rings is 5. The van der Waals surface area contributed by atoms with Crippen molar-refractivity contribution in [2.24, 2.45) is 23.7 Å². The summed E-state index contributed by atoms with van der Waals surface area (Å²) in [6, 6.07) is 35.7. The highest BCUT2D eigenvalue weighted by Crippen LogP contribution is 2.65. The SMILES string of the molecule is CCc1ccc(N2C(=O)[C@H]3[C@H](CC=C4[C@H]3C[C@H]3C(=O)N(Nc5ccc(C)cc5)C(=O)[C@@]3(c3ccccc3)[C@H]4c3ccc4ccccc4c3O)C2=O)cc1. The van der Waals surface area contributed by atoms with Gasteiger partial charge in [0.25, 0.3) is 11.8 Å². The van der Waals surface area contributed by atoms with Crippen molar-refractivity contribution in [1.82, 2.24) is 5.01 Å². The van der Waals surface area contributed by atoms with Crippen LogP contribution in [-0.4, -0.2) is 33.7 Å². The molecule has 4 amide bonds. The largest absolute Gasteiger partial charge is 0.507 e. The summed E-state index contributed by atoms with van der Waals surface area (Å²) in [4.78, 5) is 60.4. The lowest BCUT2D eigenvalue weighted by molar-refractivity contribution is -0.138. The van der Waals surface area contributed by atoms with Crippen LogP contribution in [0, 0.1) is 30.6 Å². The highest BCUT2D eigenvalue weighted by molar-refractivity contribution is 6.22. The molecule has 8 nitrogen and oxygen atoms in total. The number of phenolic OH excluding ortho intramolecular Hbond substituents is 1. The summed E-state index contributed by atoms with van der Waals surface area (Å²) in [5.41, 5.74) is 6.90. The van der Waals surface area contributed by atoms with Gasteiger partial charge in [0.1, 0.15) is 5.75 Å². The van der Waals surface area contributed by atoms with E-state index in [1.165, 1.54) is 4.90 Å². The van der Waals surface area contributed by atoms with Crippen LogP contribution in [0.15, 0.2) is 127 Å². The summed E-state index contributed by atoms with van der Waals surface area (Å²) in [5.74, 6) is -4.93. The van der Waals surface area contributed by atoms with E-state index < -0.39 is 46.8 Å². The van der Waals surface area contributed by atoms with Gasteiger partial charge in [-0.1, -0.05) is 115 Å². The second-order valence-electron chi connectivity index (χ2n) is 14.8. The number of aryl methyl sites for hydroxylation is 2. The van der Waals surface area contributed by atoms with Gasteiger partial charge in [-0.3, -0.25) is 29.5 Å². The molecular weight excluding hydrogens is 663 g/mol. The molecule has 0 spiro atoms. The maximum absolute atomic E-state index is 15.4. The standard InChI is InChI=1S/C45H39N3O5/c1-3-27-15-20-31(21-16-27)47-41(50)34-24-23-33-36(38(34)43(47)52)25-37-42(51)48(46-30-18-13-26(2)14-19-30)44(53)45(37,29-10-5-4-6-11-29)39(33)35-22-17-28-9-7-8-12-32(28)40(35)49/h4-23,34,36-39,46,49H,3,24-25H2,1-2H3/t34-,36+,37-,38-,39+,45+/m0/s1. The van der Waals surface area contributed by atoms with E-state index in [9.17, 15) is 19.5 Å². The van der Waals surface area contributed by atoms with Crippen molar-refractivity contribution in [1.29, 1.82) is 0 Å². The van der Waals surface area contributed by atoms with Gasteiger partial charge in [-0.25, -0.2) is 0 Å². The Morgan fingerprint density at radius 1 is 0.774 bits per heavy atom. The number of allylic oxidation sites excluding steroid dienone is 2. The normalized spacial score (nSPS) is 26.4. The average Bonchev–Trinajstić information content (AvgIpc) is 3.57. The number of carbonyl (C=O) groups excluding carboxylic acids is 4. The number of amides is 4. The maximum atomic E-state index is 15.4. The second kappa shape index (κ2) is 12.3. The summed E-state index contributed by atoms with van der Waals surface area (Å²) in [6.07, 6.45) is 3.34. The Hall–Kier alpha value is -6.02. The molecule has 2 saturated heterocycles. The van der Waals surface area contributed by atoms with Crippen LogP contribution in [-0.2, 0) is 31.0 Å². The smallest absolute Gasteiger partial charge is 0.260 e. The van der Waals surface area contributed by atoms with Gasteiger partial charge < -0.3 is 5.11 Å². The molecule has 4 aliphatic rings. The Kier molecular flexibility index (Phi) is 7.62. The fraction of sp³-hybridized carbons (Fsp3) is 0.244. The zero-order valence-electron chi connectivity index (χ0n) is 29.5. The zero-order chi connectivity index (χ0) is 36.6. The molecule has 8 heteroatoms. The number of nitrogens with zero attached hydrogens (tertiary/aromatic N) is 2. The minimum Gasteiger partial charge on any atom is -0.507 e. The van der Waals surface area contributed by atoms with Gasteiger partial charge in [0.2, 0.25) is 11.8 Å². The summed E-state index contributed by atoms with van der Waals surface area (Å²) in [6.45, 7) is 4.02. The van der Waals surface area contributed by atoms with E-state index in [4.69, 9.17) is 0 Å². The van der Waals surface area contributed by atoms with Gasteiger partial charge in [-0.15, -0.1) is 0 Å². The number of carbonyl (C=O) groups is 4. The number of aromatic hydroxyl groups is 1. The van der Waals surface area contributed by atoms with E-state index in [1.54, 1.807) is 0 Å². The first-order valence-corrected chi connectivity index (χ1v) is 18.4. The molecule has 2 aliphatic heterocycles. The summed E-state index contributed by atoms with van der Waals surface area (Å²) < 4.78 is 0. The van der Waals surface area contributed by atoms with E-state index in [-0.39, 0.29) is 24.0 Å². The molecule has 3 fully saturated rings. The lowest BCUT2D eigenvalue weighted by Gasteiger charge is -2.50. The Morgan fingerprint density at radius 3 is 2.23 bits per heavy atom. The van der Waals surface area contributed by atoms with E-state index in [0.29, 0.717) is 34.3 Å². The van der Waals surface area contributed by atoms with Crippen molar-refractivity contribution in [3.63, 3.8) is 0 Å². The minimum atomic E-state index is -1.47. The predicted octanol–water partition coefficient (Wildman–Crippen LogP) is 7.61. The van der Waals surface area contributed by atoms with Crippen molar-refractivity contribution in [3.05, 3.63) is 149 Å². The Bertz CT molecular complexity index is 2350. The average molecular weight is 702 g/mol. The van der Waals surface area contributed by atoms with Gasteiger partial charge in [0, 0.05) is 16.9 Å². The predicted molar refractivity (Wildman–Crippen MR) is 203 cm³/mol. The number of fused-ring (bicyclic) bond motifs is 5. The van der Waals surface area contributed by atoms with E-state index in [1.807, 2.05) is 128 Å². The lowest BCUT2D eigenvalue weighted by Crippen LogP contribution is -2.53. The number of hydrogen-bond donors (Lipinski definition) is 2. The second-order valence-corrected chi connectivity index (χ2v) is 14.8. The molecule has 6 atom stereocenters. The molecule has 0 aromatic heterocycles. The van der Waals surface area contributed by atoms with Gasteiger partial charge in [-0.05, 0) is 72.9 Å². The fourth-order valence-electron chi connectivity index (χ4n) is 9.73. The van der Waals surface area contributed by atoms with Crippen LogP contribution in [0.2, 0.25) is 0 Å². The molecule has 264 valence electrons. The number of imide groups is 2.